The highest BCUT2D eigenvalue weighted by atomic mass is 15.3. The minimum atomic E-state index is 0.773. The number of guanidine groups is 1. The Morgan fingerprint density at radius 3 is 3.04 bits per heavy atom. The van der Waals surface area contributed by atoms with Gasteiger partial charge in [-0.1, -0.05) is 13.0 Å². The van der Waals surface area contributed by atoms with Crippen LogP contribution in [0.2, 0.25) is 0 Å². The molecule has 0 radical (unpaired) electrons. The number of hydrogen-bond donors (Lipinski definition) is 2. The van der Waals surface area contributed by atoms with E-state index < -0.39 is 0 Å². The van der Waals surface area contributed by atoms with Gasteiger partial charge in [-0.2, -0.15) is 0 Å². The molecule has 2 heterocycles. The number of piperidine rings is 1. The second-order valence-corrected chi connectivity index (χ2v) is 6.28. The third-order valence-electron chi connectivity index (χ3n) is 4.11. The first-order chi connectivity index (χ1) is 11.3. The van der Waals surface area contributed by atoms with E-state index in [1.165, 1.54) is 12.8 Å². The second-order valence-electron chi connectivity index (χ2n) is 6.28. The van der Waals surface area contributed by atoms with Crippen molar-refractivity contribution in [1.82, 2.24) is 15.2 Å². The van der Waals surface area contributed by atoms with Crippen LogP contribution in [0, 0.1) is 5.92 Å². The summed E-state index contributed by atoms with van der Waals surface area (Å²) in [5, 5.41) is 6.78. The summed E-state index contributed by atoms with van der Waals surface area (Å²) in [4.78, 5) is 11.5. The highest BCUT2D eigenvalue weighted by Crippen LogP contribution is 2.15. The number of pyridine rings is 1. The summed E-state index contributed by atoms with van der Waals surface area (Å²) in [6.45, 7) is 9.51. The van der Waals surface area contributed by atoms with E-state index in [4.69, 9.17) is 4.99 Å². The molecule has 0 saturated carbocycles. The van der Waals surface area contributed by atoms with Crippen LogP contribution in [0.5, 0.6) is 0 Å². The predicted octanol–water partition coefficient (Wildman–Crippen LogP) is 2.97. The van der Waals surface area contributed by atoms with Crippen LogP contribution in [0.25, 0.3) is 0 Å². The first kappa shape index (κ1) is 17.6. The Labute approximate surface area is 140 Å². The van der Waals surface area contributed by atoms with Crippen molar-refractivity contribution in [1.29, 1.82) is 0 Å². The summed E-state index contributed by atoms with van der Waals surface area (Å²) in [7, 11) is 0. The van der Waals surface area contributed by atoms with Crippen molar-refractivity contribution < 1.29 is 0 Å². The van der Waals surface area contributed by atoms with Gasteiger partial charge in [0.25, 0.3) is 0 Å². The highest BCUT2D eigenvalue weighted by molar-refractivity contribution is 5.80. The van der Waals surface area contributed by atoms with Crippen LogP contribution in [-0.2, 0) is 0 Å². The number of nitrogens with zero attached hydrogens (tertiary/aromatic N) is 3. The van der Waals surface area contributed by atoms with Crippen LogP contribution in [-0.4, -0.2) is 48.6 Å². The summed E-state index contributed by atoms with van der Waals surface area (Å²) >= 11 is 0. The van der Waals surface area contributed by atoms with Crippen LogP contribution in [0.15, 0.2) is 29.4 Å². The first-order valence-corrected chi connectivity index (χ1v) is 8.97. The van der Waals surface area contributed by atoms with Crippen molar-refractivity contribution in [2.24, 2.45) is 10.9 Å². The molecule has 0 amide bonds. The van der Waals surface area contributed by atoms with E-state index in [-0.39, 0.29) is 0 Å². The molecule has 1 aromatic heterocycles. The van der Waals surface area contributed by atoms with Crippen molar-refractivity contribution in [3.05, 3.63) is 24.4 Å². The summed E-state index contributed by atoms with van der Waals surface area (Å²) in [5.74, 6) is 2.82. The van der Waals surface area contributed by atoms with Crippen LogP contribution >= 0.6 is 0 Å². The molecule has 1 aromatic rings. The monoisotopic (exact) mass is 317 g/mol. The second kappa shape index (κ2) is 10.1. The lowest BCUT2D eigenvalue weighted by molar-refractivity contribution is 0.266. The molecule has 5 heteroatoms. The quantitative estimate of drug-likeness (QED) is 0.461. The number of likely N-dealkylation sites (tertiary alicyclic amines) is 1. The fourth-order valence-electron chi connectivity index (χ4n) is 2.91. The number of aliphatic imine (C=N–C) groups is 1. The normalized spacial score (nSPS) is 18.8. The van der Waals surface area contributed by atoms with E-state index in [9.17, 15) is 0 Å². The zero-order valence-electron chi connectivity index (χ0n) is 14.6. The summed E-state index contributed by atoms with van der Waals surface area (Å²) in [6.07, 6.45) is 6.64. The van der Waals surface area contributed by atoms with E-state index in [2.05, 4.69) is 34.4 Å². The Morgan fingerprint density at radius 2 is 2.30 bits per heavy atom. The van der Waals surface area contributed by atoms with Crippen molar-refractivity contribution in [2.75, 3.05) is 38.0 Å². The van der Waals surface area contributed by atoms with Gasteiger partial charge in [0, 0.05) is 38.9 Å². The van der Waals surface area contributed by atoms with Crippen LogP contribution in [0.4, 0.5) is 5.82 Å². The van der Waals surface area contributed by atoms with Crippen LogP contribution < -0.4 is 10.6 Å². The molecule has 128 valence electrons. The van der Waals surface area contributed by atoms with Gasteiger partial charge < -0.3 is 15.5 Å². The SMILES string of the molecule is CCNC(=NCCCCNc1ccccn1)N1CCCC(C)C1. The molecule has 1 aliphatic heterocycles. The van der Waals surface area contributed by atoms with Gasteiger partial charge in [0.1, 0.15) is 5.82 Å². The number of hydrogen-bond acceptors (Lipinski definition) is 3. The number of rotatable bonds is 7. The molecule has 1 atom stereocenters. The van der Waals surface area contributed by atoms with E-state index in [1.54, 1.807) is 0 Å². The Kier molecular flexibility index (Phi) is 7.70. The fourth-order valence-corrected chi connectivity index (χ4v) is 2.91. The largest absolute Gasteiger partial charge is 0.370 e. The summed E-state index contributed by atoms with van der Waals surface area (Å²) < 4.78 is 0. The number of nitrogens with one attached hydrogen (secondary N) is 2. The predicted molar refractivity (Wildman–Crippen MR) is 97.9 cm³/mol. The van der Waals surface area contributed by atoms with Gasteiger partial charge in [0.05, 0.1) is 0 Å². The molecule has 5 nitrogen and oxygen atoms in total. The zero-order chi connectivity index (χ0) is 16.3. The molecule has 1 aliphatic rings. The molecule has 0 bridgehead atoms. The highest BCUT2D eigenvalue weighted by Gasteiger charge is 2.18. The minimum Gasteiger partial charge on any atom is -0.370 e. The molecule has 23 heavy (non-hydrogen) atoms. The molecule has 2 rings (SSSR count). The average Bonchev–Trinajstić information content (AvgIpc) is 2.58. The zero-order valence-corrected chi connectivity index (χ0v) is 14.6. The Bertz CT molecular complexity index is 460. The Balaban J connectivity index is 1.68. The molecule has 2 N–H and O–H groups in total. The van der Waals surface area contributed by atoms with E-state index in [0.29, 0.717) is 0 Å². The molecule has 0 aromatic carbocycles. The number of anilines is 1. The van der Waals surface area contributed by atoms with Gasteiger partial charge in [-0.25, -0.2) is 4.98 Å². The van der Waals surface area contributed by atoms with Gasteiger partial charge >= 0.3 is 0 Å². The maximum atomic E-state index is 4.80. The lowest BCUT2D eigenvalue weighted by Gasteiger charge is -2.33. The van der Waals surface area contributed by atoms with Gasteiger partial charge in [0.15, 0.2) is 5.96 Å². The Morgan fingerprint density at radius 1 is 1.39 bits per heavy atom. The molecule has 0 aliphatic carbocycles. The van der Waals surface area contributed by atoms with Crippen molar-refractivity contribution in [3.63, 3.8) is 0 Å². The Hall–Kier alpha value is -1.78. The third kappa shape index (κ3) is 6.47. The van der Waals surface area contributed by atoms with Gasteiger partial charge in [-0.05, 0) is 50.7 Å². The van der Waals surface area contributed by atoms with Crippen LogP contribution in [0.3, 0.4) is 0 Å². The van der Waals surface area contributed by atoms with Gasteiger partial charge in [-0.3, -0.25) is 4.99 Å². The molecule has 1 fully saturated rings. The average molecular weight is 317 g/mol. The topological polar surface area (TPSA) is 52.6 Å². The number of aromatic nitrogens is 1. The smallest absolute Gasteiger partial charge is 0.193 e. The van der Waals surface area contributed by atoms with Crippen LogP contribution in [0.1, 0.15) is 39.5 Å². The minimum absolute atomic E-state index is 0.773. The van der Waals surface area contributed by atoms with E-state index in [0.717, 1.165) is 63.3 Å². The molecular formula is C18H31N5. The van der Waals surface area contributed by atoms with Gasteiger partial charge in [0.2, 0.25) is 0 Å². The third-order valence-corrected chi connectivity index (χ3v) is 4.11. The fraction of sp³-hybridized carbons (Fsp3) is 0.667. The van der Waals surface area contributed by atoms with E-state index in [1.807, 2.05) is 24.4 Å². The first-order valence-electron chi connectivity index (χ1n) is 8.97. The molecule has 1 unspecified atom stereocenters. The van der Waals surface area contributed by atoms with E-state index >= 15 is 0 Å². The molecule has 1 saturated heterocycles. The van der Waals surface area contributed by atoms with Crippen molar-refractivity contribution >= 4 is 11.8 Å². The standard InChI is InChI=1S/C18H31N5/c1-3-19-18(23-14-8-9-16(2)15-23)22-13-7-6-12-21-17-10-4-5-11-20-17/h4-5,10-11,16H,3,6-9,12-15H2,1-2H3,(H,19,22)(H,20,21). The maximum Gasteiger partial charge on any atom is 0.193 e. The van der Waals surface area contributed by atoms with Crippen molar-refractivity contribution in [3.8, 4) is 0 Å². The molecular weight excluding hydrogens is 286 g/mol. The molecule has 0 spiro atoms. The summed E-state index contributed by atoms with van der Waals surface area (Å²) in [5.41, 5.74) is 0. The van der Waals surface area contributed by atoms with Crippen molar-refractivity contribution in [2.45, 2.75) is 39.5 Å². The number of unbranched alkanes of at least 4 members (excludes halogenated alkanes) is 1. The lowest BCUT2D eigenvalue weighted by Crippen LogP contribution is -2.46. The van der Waals surface area contributed by atoms with Gasteiger partial charge in [-0.15, -0.1) is 0 Å². The summed E-state index contributed by atoms with van der Waals surface area (Å²) in [6, 6.07) is 5.94. The lowest BCUT2D eigenvalue weighted by atomic mass is 10.0. The maximum absolute atomic E-state index is 4.80.